The Morgan fingerprint density at radius 3 is 2.42 bits per heavy atom. The van der Waals surface area contributed by atoms with Crippen LogP contribution in [0.3, 0.4) is 0 Å². The van der Waals surface area contributed by atoms with Crippen LogP contribution in [0.2, 0.25) is 0 Å². The third-order valence-electron chi connectivity index (χ3n) is 15.1. The first kappa shape index (κ1) is 47.4. The molecule has 4 N–H and O–H groups in total. The number of alkyl halides is 2. The number of carbonyl (C=O) groups is 6. The number of Topliss-reactive ketones (excluding diaryl/α,β-unsaturated/α-hetero) is 2. The molecule has 2 heterocycles. The van der Waals surface area contributed by atoms with E-state index in [0.29, 0.717) is 22.6 Å². The van der Waals surface area contributed by atoms with Gasteiger partial charge in [-0.05, 0) is 73.9 Å². The second-order valence-electron chi connectivity index (χ2n) is 19.0. The van der Waals surface area contributed by atoms with Crippen LogP contribution in [0.15, 0.2) is 102 Å². The smallest absolute Gasteiger partial charge is 0.253 e. The molecule has 350 valence electrons. The maximum atomic E-state index is 17.8. The van der Waals surface area contributed by atoms with Gasteiger partial charge in [-0.1, -0.05) is 69.0 Å². The van der Waals surface area contributed by atoms with Gasteiger partial charge in [-0.2, -0.15) is 0 Å². The van der Waals surface area contributed by atoms with E-state index in [1.54, 1.807) is 51.1 Å². The van der Waals surface area contributed by atoms with Crippen LogP contribution in [0.25, 0.3) is 0 Å². The number of nitrogens with zero attached hydrogens (tertiary/aromatic N) is 1. The van der Waals surface area contributed by atoms with Gasteiger partial charge in [0.05, 0.1) is 18.2 Å². The standard InChI is InChI=1S/C50H55F2N3O10S/c1-27-15-17-47(4)36(19-27)37(51)22-35-34-23-41-50(40(59)25-56,48(34,5)24-39(58)49(35,47)52)65-46(64-41)31-11-9-30(10-12-31)26-66-33-8-6-7-32(21-33)54-45(63)28(2)20-38(57)29(3)53-42(60)16-18-55-43(61)13-14-44(55)62/h6-15,17,19,21,28-29,34-35,37,39,41,46,56,58H,1,16,18,20,22-26H2,2-5H3,(H,53,60)(H,54,63)/t28-,29+,34+,35+,37+,39+,41-,46+,47+,48+,49+,50-/m1/s1. The van der Waals surface area contributed by atoms with Crippen molar-refractivity contribution >= 4 is 52.6 Å². The number of fused-ring (bicyclic) bond motifs is 7. The molecule has 12 atom stereocenters. The van der Waals surface area contributed by atoms with E-state index in [2.05, 4.69) is 17.2 Å². The topological polar surface area (TPSA) is 189 Å². The molecule has 4 fully saturated rings. The SMILES string of the molecule is C=C1C=C[C@@]2(C)C(=C1)[C@@H](F)C[C@H]1[C@@H]3C[C@H]4O[C@H](c5ccc(CSc6cccc(NC(=O)[C@H](C)CC(=O)[C@H](C)NC(=O)CCN7C(=O)C=CC7=O)c6)cc5)O[C@@]4(C(=O)CO)[C@@]3(C)C[C@H](O)[C@@]12F. The highest BCUT2D eigenvalue weighted by atomic mass is 32.2. The number of aliphatic hydroxyl groups is 2. The number of hydrogen-bond donors (Lipinski definition) is 4. The zero-order valence-corrected chi connectivity index (χ0v) is 38.1. The summed E-state index contributed by atoms with van der Waals surface area (Å²) in [4.78, 5) is 77.5. The van der Waals surface area contributed by atoms with Gasteiger partial charge in [-0.3, -0.25) is 33.7 Å². The molecule has 66 heavy (non-hydrogen) atoms. The van der Waals surface area contributed by atoms with Crippen molar-refractivity contribution in [3.05, 3.63) is 108 Å². The third-order valence-corrected chi connectivity index (χ3v) is 16.1. The van der Waals surface area contributed by atoms with Gasteiger partial charge < -0.3 is 30.3 Å². The fourth-order valence-electron chi connectivity index (χ4n) is 11.5. The number of amides is 4. The molecule has 6 aliphatic rings. The van der Waals surface area contributed by atoms with Crippen LogP contribution >= 0.6 is 11.8 Å². The molecule has 4 aliphatic carbocycles. The normalized spacial score (nSPS) is 33.9. The Labute approximate surface area is 386 Å². The highest BCUT2D eigenvalue weighted by molar-refractivity contribution is 7.98. The number of carbonyl (C=O) groups excluding carboxylic acids is 6. The molecule has 16 heteroatoms. The van der Waals surface area contributed by atoms with Crippen LogP contribution < -0.4 is 10.6 Å². The summed E-state index contributed by atoms with van der Waals surface area (Å²) in [6.07, 6.45) is 1.71. The van der Waals surface area contributed by atoms with Crippen LogP contribution in [0.1, 0.15) is 77.2 Å². The zero-order chi connectivity index (χ0) is 47.5. The van der Waals surface area contributed by atoms with Gasteiger partial charge in [-0.25, -0.2) is 8.78 Å². The number of hydrogen-bond acceptors (Lipinski definition) is 11. The zero-order valence-electron chi connectivity index (χ0n) is 37.3. The number of aliphatic hydroxyl groups excluding tert-OH is 2. The van der Waals surface area contributed by atoms with Gasteiger partial charge in [0, 0.05) is 76.1 Å². The molecule has 1 saturated heterocycles. The summed E-state index contributed by atoms with van der Waals surface area (Å²) < 4.78 is 47.0. The lowest BCUT2D eigenvalue weighted by Crippen LogP contribution is -2.70. The lowest BCUT2D eigenvalue weighted by Gasteiger charge is -2.63. The molecule has 0 spiro atoms. The van der Waals surface area contributed by atoms with Gasteiger partial charge in [0.25, 0.3) is 11.8 Å². The molecule has 0 aromatic heterocycles. The van der Waals surface area contributed by atoms with Gasteiger partial charge >= 0.3 is 0 Å². The Hall–Kier alpha value is -5.13. The number of ether oxygens (including phenoxy) is 2. The summed E-state index contributed by atoms with van der Waals surface area (Å²) in [5, 5.41) is 27.6. The summed E-state index contributed by atoms with van der Waals surface area (Å²) in [5.74, 6) is -4.58. The molecule has 0 bridgehead atoms. The summed E-state index contributed by atoms with van der Waals surface area (Å²) in [6, 6.07) is 13.8. The number of benzene rings is 2. The van der Waals surface area contributed by atoms with Gasteiger partial charge in [0.2, 0.25) is 11.8 Å². The predicted octanol–water partition coefficient (Wildman–Crippen LogP) is 5.96. The lowest BCUT2D eigenvalue weighted by molar-refractivity contribution is -0.235. The van der Waals surface area contributed by atoms with Crippen molar-refractivity contribution in [1.82, 2.24) is 10.2 Å². The minimum Gasteiger partial charge on any atom is -0.390 e. The van der Waals surface area contributed by atoms with E-state index >= 15 is 8.78 Å². The number of halogens is 2. The lowest BCUT2D eigenvalue weighted by atomic mass is 9.44. The summed E-state index contributed by atoms with van der Waals surface area (Å²) >= 11 is 1.52. The van der Waals surface area contributed by atoms with Crippen LogP contribution in [-0.4, -0.2) is 99.2 Å². The largest absolute Gasteiger partial charge is 0.390 e. The van der Waals surface area contributed by atoms with Crippen molar-refractivity contribution in [1.29, 1.82) is 0 Å². The van der Waals surface area contributed by atoms with Crippen LogP contribution in [0, 0.1) is 28.6 Å². The van der Waals surface area contributed by atoms with E-state index in [0.717, 1.165) is 27.5 Å². The molecule has 0 unspecified atom stereocenters. The molecular formula is C50H55F2N3O10S. The molecular weight excluding hydrogens is 873 g/mol. The maximum absolute atomic E-state index is 17.8. The monoisotopic (exact) mass is 927 g/mol. The average Bonchev–Trinajstić information content (AvgIpc) is 3.91. The maximum Gasteiger partial charge on any atom is 0.253 e. The predicted molar refractivity (Wildman–Crippen MR) is 240 cm³/mol. The summed E-state index contributed by atoms with van der Waals surface area (Å²) in [6.45, 7) is 9.48. The highest BCUT2D eigenvalue weighted by Gasteiger charge is 2.80. The summed E-state index contributed by atoms with van der Waals surface area (Å²) in [5.41, 5.74) is -3.65. The first-order valence-corrected chi connectivity index (χ1v) is 23.3. The number of ketones is 2. The van der Waals surface area contributed by atoms with Crippen LogP contribution in [0.5, 0.6) is 0 Å². The van der Waals surface area contributed by atoms with E-state index in [4.69, 9.17) is 9.47 Å². The first-order chi connectivity index (χ1) is 31.2. The van der Waals surface area contributed by atoms with Gasteiger partial charge in [0.1, 0.15) is 12.8 Å². The Balaban J connectivity index is 0.862. The minimum absolute atomic E-state index is 0.107. The van der Waals surface area contributed by atoms with Gasteiger partial charge in [0.15, 0.2) is 29.1 Å². The van der Waals surface area contributed by atoms with Crippen LogP contribution in [0.4, 0.5) is 14.5 Å². The second kappa shape index (κ2) is 17.8. The van der Waals surface area contributed by atoms with Crippen molar-refractivity contribution in [2.45, 2.75) is 112 Å². The van der Waals surface area contributed by atoms with E-state index in [-0.39, 0.29) is 55.9 Å². The van der Waals surface area contributed by atoms with E-state index in [9.17, 15) is 39.0 Å². The van der Waals surface area contributed by atoms with Crippen molar-refractivity contribution < 1.29 is 57.2 Å². The Kier molecular flexibility index (Phi) is 12.8. The molecule has 2 aromatic rings. The third kappa shape index (κ3) is 7.91. The Morgan fingerprint density at radius 1 is 1.02 bits per heavy atom. The second-order valence-corrected chi connectivity index (χ2v) is 20.0. The molecule has 0 radical (unpaired) electrons. The van der Waals surface area contributed by atoms with Crippen molar-refractivity contribution in [3.63, 3.8) is 0 Å². The Bertz CT molecular complexity index is 2440. The number of thioether (sulfide) groups is 1. The van der Waals surface area contributed by atoms with E-state index in [1.165, 1.54) is 18.7 Å². The number of rotatable bonds is 15. The highest BCUT2D eigenvalue weighted by Crippen LogP contribution is 2.72. The molecule has 3 saturated carbocycles. The average molecular weight is 928 g/mol. The fraction of sp³-hybridized carbons (Fsp3) is 0.480. The summed E-state index contributed by atoms with van der Waals surface area (Å²) in [7, 11) is 0. The molecule has 2 aliphatic heterocycles. The van der Waals surface area contributed by atoms with E-state index < -0.39 is 101 Å². The van der Waals surface area contributed by atoms with Crippen molar-refractivity contribution in [2.24, 2.45) is 28.6 Å². The quantitative estimate of drug-likeness (QED) is 0.122. The number of allylic oxidation sites excluding steroid dienone is 5. The number of imide groups is 1. The van der Waals surface area contributed by atoms with Crippen molar-refractivity contribution in [3.8, 4) is 0 Å². The van der Waals surface area contributed by atoms with Gasteiger partial charge in [-0.15, -0.1) is 11.8 Å². The van der Waals surface area contributed by atoms with E-state index in [1.807, 2.05) is 36.4 Å². The molecule has 13 nitrogen and oxygen atoms in total. The molecule has 4 amide bonds. The fourth-order valence-corrected chi connectivity index (χ4v) is 12.4. The van der Waals surface area contributed by atoms with Crippen molar-refractivity contribution in [2.75, 3.05) is 18.5 Å². The Morgan fingerprint density at radius 2 is 1.73 bits per heavy atom. The molecule has 8 rings (SSSR count). The molecule has 2 aromatic carbocycles. The van der Waals surface area contributed by atoms with Crippen LogP contribution in [-0.2, 0) is 44.0 Å². The first-order valence-electron chi connectivity index (χ1n) is 22.3. The number of nitrogens with one attached hydrogen (secondary N) is 2. The minimum atomic E-state index is -2.24. The number of anilines is 1.